The second kappa shape index (κ2) is 4.48. The van der Waals surface area contributed by atoms with E-state index in [9.17, 15) is 0 Å². The predicted octanol–water partition coefficient (Wildman–Crippen LogP) is 2.34. The van der Waals surface area contributed by atoms with Gasteiger partial charge >= 0.3 is 0 Å². The van der Waals surface area contributed by atoms with Gasteiger partial charge < -0.3 is 5.73 Å². The molecule has 2 aromatic heterocycles. The number of hydrogen-bond acceptors (Lipinski definition) is 4. The second-order valence-corrected chi connectivity index (χ2v) is 4.59. The maximum Gasteiger partial charge on any atom is 0.139 e. The van der Waals surface area contributed by atoms with Crippen LogP contribution in [0.25, 0.3) is 11.0 Å². The van der Waals surface area contributed by atoms with Gasteiger partial charge in [-0.25, -0.2) is 15.0 Å². The first-order valence-corrected chi connectivity index (χ1v) is 6.34. The second-order valence-electron chi connectivity index (χ2n) is 3.52. The number of nitrogen functional groups attached to an aromatic ring is 1. The van der Waals surface area contributed by atoms with Crippen molar-refractivity contribution in [3.8, 4) is 0 Å². The van der Waals surface area contributed by atoms with Crippen molar-refractivity contribution in [2.24, 2.45) is 0 Å². The molecule has 0 aromatic carbocycles. The Morgan fingerprint density at radius 1 is 1.19 bits per heavy atom. The first kappa shape index (κ1) is 11.5. The van der Waals surface area contributed by atoms with Crippen LogP contribution in [0, 0.1) is 3.57 Å². The number of aryl methyl sites for hydroxylation is 2. The molecule has 0 fully saturated rings. The molecule has 5 heteroatoms. The van der Waals surface area contributed by atoms with Gasteiger partial charge in [-0.3, -0.25) is 0 Å². The average molecular weight is 328 g/mol. The Morgan fingerprint density at radius 3 is 2.44 bits per heavy atom. The Labute approximate surface area is 108 Å². The molecule has 0 saturated heterocycles. The van der Waals surface area contributed by atoms with Crippen molar-refractivity contribution < 1.29 is 0 Å². The van der Waals surface area contributed by atoms with Crippen molar-refractivity contribution in [2.45, 2.75) is 26.7 Å². The van der Waals surface area contributed by atoms with Crippen LogP contribution in [-0.2, 0) is 12.8 Å². The molecule has 0 spiro atoms. The quantitative estimate of drug-likeness (QED) is 0.860. The fourth-order valence-corrected chi connectivity index (χ4v) is 2.18. The third kappa shape index (κ3) is 1.83. The molecule has 0 aliphatic carbocycles. The number of pyridine rings is 1. The summed E-state index contributed by atoms with van der Waals surface area (Å²) in [5.41, 5.74) is 9.56. The van der Waals surface area contributed by atoms with E-state index in [-0.39, 0.29) is 0 Å². The van der Waals surface area contributed by atoms with Gasteiger partial charge in [-0.2, -0.15) is 0 Å². The van der Waals surface area contributed by atoms with Gasteiger partial charge in [-0.05, 0) is 35.4 Å². The van der Waals surface area contributed by atoms with Crippen LogP contribution in [0.2, 0.25) is 0 Å². The summed E-state index contributed by atoms with van der Waals surface area (Å²) in [6.45, 7) is 4.18. The van der Waals surface area contributed by atoms with Gasteiger partial charge in [0.15, 0.2) is 0 Å². The molecular formula is C11H13IN4. The van der Waals surface area contributed by atoms with Gasteiger partial charge in [0.25, 0.3) is 0 Å². The SMILES string of the molecule is CCc1nc2cnc(N)c(I)c2nc1CC. The van der Waals surface area contributed by atoms with E-state index < -0.39 is 0 Å². The third-order valence-electron chi connectivity index (χ3n) is 2.51. The molecule has 2 heterocycles. The summed E-state index contributed by atoms with van der Waals surface area (Å²) in [5.74, 6) is 0.522. The highest BCUT2D eigenvalue weighted by molar-refractivity contribution is 14.1. The highest BCUT2D eigenvalue weighted by Gasteiger charge is 2.10. The number of nitrogens with two attached hydrogens (primary N) is 1. The standard InChI is InChI=1S/C11H13IN4/c1-3-6-7(4-2)16-10-8(15-6)5-14-11(13)9(10)12/h5H,3-4H2,1-2H3,(H2,13,14). The first-order chi connectivity index (χ1) is 7.67. The molecule has 16 heavy (non-hydrogen) atoms. The van der Waals surface area contributed by atoms with Crippen LogP contribution < -0.4 is 5.73 Å². The zero-order chi connectivity index (χ0) is 11.7. The molecule has 2 N–H and O–H groups in total. The van der Waals surface area contributed by atoms with Crippen LogP contribution in [-0.4, -0.2) is 15.0 Å². The molecule has 0 aliphatic rings. The molecule has 84 valence electrons. The lowest BCUT2D eigenvalue weighted by Gasteiger charge is -2.08. The van der Waals surface area contributed by atoms with Crippen molar-refractivity contribution in [2.75, 3.05) is 5.73 Å². The normalized spacial score (nSPS) is 10.9. The Morgan fingerprint density at radius 2 is 1.81 bits per heavy atom. The number of anilines is 1. The van der Waals surface area contributed by atoms with Crippen LogP contribution in [0.1, 0.15) is 25.2 Å². The molecule has 0 aliphatic heterocycles. The summed E-state index contributed by atoms with van der Waals surface area (Å²) in [4.78, 5) is 13.3. The predicted molar refractivity (Wildman–Crippen MR) is 73.2 cm³/mol. The third-order valence-corrected chi connectivity index (χ3v) is 3.57. The number of hydrogen-bond donors (Lipinski definition) is 1. The van der Waals surface area contributed by atoms with E-state index in [0.29, 0.717) is 5.82 Å². The van der Waals surface area contributed by atoms with Crippen molar-refractivity contribution in [1.82, 2.24) is 15.0 Å². The largest absolute Gasteiger partial charge is 0.383 e. The zero-order valence-corrected chi connectivity index (χ0v) is 11.4. The summed E-state index contributed by atoms with van der Waals surface area (Å²) >= 11 is 2.17. The Balaban J connectivity index is 2.78. The van der Waals surface area contributed by atoms with Crippen molar-refractivity contribution in [3.63, 3.8) is 0 Å². The number of aromatic nitrogens is 3. The monoisotopic (exact) mass is 328 g/mol. The lowest BCUT2D eigenvalue weighted by atomic mass is 10.2. The molecule has 4 nitrogen and oxygen atoms in total. The lowest BCUT2D eigenvalue weighted by molar-refractivity contribution is 0.928. The smallest absolute Gasteiger partial charge is 0.139 e. The van der Waals surface area contributed by atoms with Gasteiger partial charge in [0.1, 0.15) is 16.9 Å². The van der Waals surface area contributed by atoms with E-state index in [1.54, 1.807) is 6.20 Å². The van der Waals surface area contributed by atoms with E-state index >= 15 is 0 Å². The Bertz CT molecular complexity index is 539. The van der Waals surface area contributed by atoms with Crippen LogP contribution in [0.4, 0.5) is 5.82 Å². The molecule has 0 saturated carbocycles. The van der Waals surface area contributed by atoms with Crippen LogP contribution in [0.5, 0.6) is 0 Å². The molecule has 2 aromatic rings. The van der Waals surface area contributed by atoms with Gasteiger partial charge in [0.2, 0.25) is 0 Å². The fraction of sp³-hybridized carbons (Fsp3) is 0.364. The number of rotatable bonds is 2. The summed E-state index contributed by atoms with van der Waals surface area (Å²) in [6.07, 6.45) is 3.48. The fourth-order valence-electron chi connectivity index (χ4n) is 1.65. The molecule has 0 radical (unpaired) electrons. The van der Waals surface area contributed by atoms with Crippen LogP contribution >= 0.6 is 22.6 Å². The van der Waals surface area contributed by atoms with E-state index in [1.807, 2.05) is 0 Å². The van der Waals surface area contributed by atoms with Gasteiger partial charge in [0, 0.05) is 0 Å². The first-order valence-electron chi connectivity index (χ1n) is 5.26. The maximum atomic E-state index is 5.76. The minimum absolute atomic E-state index is 0.522. The minimum atomic E-state index is 0.522. The summed E-state index contributed by atoms with van der Waals surface area (Å²) in [5, 5.41) is 0. The van der Waals surface area contributed by atoms with Crippen molar-refractivity contribution >= 4 is 39.4 Å². The van der Waals surface area contributed by atoms with Crippen molar-refractivity contribution in [1.29, 1.82) is 0 Å². The summed E-state index contributed by atoms with van der Waals surface area (Å²) < 4.78 is 0.889. The van der Waals surface area contributed by atoms with E-state index in [0.717, 1.165) is 38.8 Å². The summed E-state index contributed by atoms with van der Waals surface area (Å²) in [6, 6.07) is 0. The molecule has 0 unspecified atom stereocenters. The van der Waals surface area contributed by atoms with Crippen molar-refractivity contribution in [3.05, 3.63) is 21.2 Å². The lowest BCUT2D eigenvalue weighted by Crippen LogP contribution is -2.04. The van der Waals surface area contributed by atoms with Gasteiger partial charge in [0.05, 0.1) is 21.2 Å². The molecule has 0 bridgehead atoms. The van der Waals surface area contributed by atoms with Gasteiger partial charge in [-0.1, -0.05) is 13.8 Å². The van der Waals surface area contributed by atoms with Gasteiger partial charge in [-0.15, -0.1) is 0 Å². The Hall–Kier alpha value is -0.980. The number of halogens is 1. The molecule has 0 amide bonds. The number of nitrogens with zero attached hydrogens (tertiary/aromatic N) is 3. The van der Waals surface area contributed by atoms with E-state index in [2.05, 4.69) is 51.4 Å². The van der Waals surface area contributed by atoms with Crippen LogP contribution in [0.3, 0.4) is 0 Å². The maximum absolute atomic E-state index is 5.76. The molecule has 0 atom stereocenters. The summed E-state index contributed by atoms with van der Waals surface area (Å²) in [7, 11) is 0. The minimum Gasteiger partial charge on any atom is -0.383 e. The Kier molecular flexibility index (Phi) is 3.22. The van der Waals surface area contributed by atoms with E-state index in [4.69, 9.17) is 5.73 Å². The average Bonchev–Trinajstić information content (AvgIpc) is 2.32. The molecule has 2 rings (SSSR count). The van der Waals surface area contributed by atoms with Crippen LogP contribution in [0.15, 0.2) is 6.20 Å². The topological polar surface area (TPSA) is 64.7 Å². The zero-order valence-electron chi connectivity index (χ0n) is 9.29. The van der Waals surface area contributed by atoms with E-state index in [1.165, 1.54) is 0 Å². The highest BCUT2D eigenvalue weighted by atomic mass is 127. The number of fused-ring (bicyclic) bond motifs is 1. The highest BCUT2D eigenvalue weighted by Crippen LogP contribution is 2.22. The molecular weight excluding hydrogens is 315 g/mol.